The van der Waals surface area contributed by atoms with Gasteiger partial charge in [0.1, 0.15) is 0 Å². The van der Waals surface area contributed by atoms with Gasteiger partial charge in [0.25, 0.3) is 6.47 Å². The van der Waals surface area contributed by atoms with E-state index in [-0.39, 0.29) is 11.8 Å². The van der Waals surface area contributed by atoms with Gasteiger partial charge in [0, 0.05) is 18.2 Å². The minimum absolute atomic E-state index is 0.120. The first kappa shape index (κ1) is 26.4. The fourth-order valence-electron chi connectivity index (χ4n) is 2.99. The Balaban J connectivity index is 0. The molecule has 1 saturated heterocycles. The normalized spacial score (nSPS) is 20.5. The molecular formula is C22H39NO3. The van der Waals surface area contributed by atoms with Crippen LogP contribution in [-0.4, -0.2) is 30.9 Å². The molecule has 1 heterocycles. The standard InChI is InChI=1S/C18H29NO.C2H4O2.C2H6/c1-8-13(5)17(14(6)9-2)19-11-16(10-12(3)4)15(7)18(19)20;1-4-2-3;1-2/h8-9,12,15-16H,1,10-11H2,2-7H3;2H,1H3;1-2H3/b14-9-,17-13+;;. The molecule has 0 N–H and O–H groups in total. The number of amides is 1. The van der Waals surface area contributed by atoms with Crippen molar-refractivity contribution in [3.63, 3.8) is 0 Å². The summed E-state index contributed by atoms with van der Waals surface area (Å²) in [4.78, 5) is 23.5. The van der Waals surface area contributed by atoms with Gasteiger partial charge in [-0.3, -0.25) is 9.59 Å². The molecule has 0 saturated carbocycles. The van der Waals surface area contributed by atoms with Crippen LogP contribution in [0.15, 0.2) is 35.6 Å². The highest BCUT2D eigenvalue weighted by Gasteiger charge is 2.39. The monoisotopic (exact) mass is 365 g/mol. The van der Waals surface area contributed by atoms with E-state index >= 15 is 0 Å². The van der Waals surface area contributed by atoms with E-state index in [9.17, 15) is 4.79 Å². The van der Waals surface area contributed by atoms with Crippen LogP contribution < -0.4 is 0 Å². The number of nitrogens with zero attached hydrogens (tertiary/aromatic N) is 1. The number of hydrogen-bond acceptors (Lipinski definition) is 3. The molecule has 2 atom stereocenters. The Morgan fingerprint density at radius 3 is 2.19 bits per heavy atom. The SMILES string of the molecule is C=C/C(C)=C(\C(C)=C/C)N1CC(CC(C)C)C(C)C1=O.CC.COC=O. The predicted molar refractivity (Wildman–Crippen MR) is 111 cm³/mol. The fraction of sp³-hybridized carbons (Fsp3) is 0.636. The van der Waals surface area contributed by atoms with Gasteiger partial charge in [0.15, 0.2) is 0 Å². The van der Waals surface area contributed by atoms with Crippen LogP contribution >= 0.6 is 0 Å². The van der Waals surface area contributed by atoms with E-state index in [1.165, 1.54) is 7.11 Å². The first-order valence-electron chi connectivity index (χ1n) is 9.49. The molecule has 150 valence electrons. The third kappa shape index (κ3) is 8.03. The van der Waals surface area contributed by atoms with Gasteiger partial charge in [-0.15, -0.1) is 0 Å². The second-order valence-corrected chi connectivity index (χ2v) is 6.67. The number of carbonyl (C=O) groups is 2. The van der Waals surface area contributed by atoms with Gasteiger partial charge in [0.2, 0.25) is 5.91 Å². The van der Waals surface area contributed by atoms with Gasteiger partial charge in [0.05, 0.1) is 7.11 Å². The minimum Gasteiger partial charge on any atom is -0.471 e. The summed E-state index contributed by atoms with van der Waals surface area (Å²) in [5.74, 6) is 1.47. The van der Waals surface area contributed by atoms with Crippen molar-refractivity contribution in [2.75, 3.05) is 13.7 Å². The molecule has 1 aliphatic heterocycles. The molecule has 0 aromatic heterocycles. The van der Waals surface area contributed by atoms with Gasteiger partial charge >= 0.3 is 0 Å². The lowest BCUT2D eigenvalue weighted by atomic mass is 9.89. The molecule has 4 nitrogen and oxygen atoms in total. The van der Waals surface area contributed by atoms with Crippen molar-refractivity contribution in [3.05, 3.63) is 35.6 Å². The molecule has 1 fully saturated rings. The van der Waals surface area contributed by atoms with Crippen LogP contribution in [-0.2, 0) is 14.3 Å². The highest BCUT2D eigenvalue weighted by Crippen LogP contribution is 2.35. The Kier molecular flexibility index (Phi) is 14.6. The summed E-state index contributed by atoms with van der Waals surface area (Å²) in [6.45, 7) is 21.7. The fourth-order valence-corrected chi connectivity index (χ4v) is 2.99. The van der Waals surface area contributed by atoms with Crippen molar-refractivity contribution < 1.29 is 14.3 Å². The van der Waals surface area contributed by atoms with Crippen LogP contribution in [0.3, 0.4) is 0 Å². The Labute approximate surface area is 161 Å². The number of ether oxygens (including phenoxy) is 1. The molecule has 1 rings (SSSR count). The summed E-state index contributed by atoms with van der Waals surface area (Å²) in [7, 11) is 1.31. The van der Waals surface area contributed by atoms with Crippen molar-refractivity contribution in [1.82, 2.24) is 4.90 Å². The average molecular weight is 366 g/mol. The number of allylic oxidation sites excluding steroid dienone is 4. The maximum absolute atomic E-state index is 12.6. The Bertz CT molecular complexity index is 504. The zero-order chi connectivity index (χ0) is 20.9. The molecule has 0 bridgehead atoms. The Morgan fingerprint density at radius 1 is 1.35 bits per heavy atom. The maximum Gasteiger partial charge on any atom is 0.292 e. The van der Waals surface area contributed by atoms with E-state index in [4.69, 9.17) is 4.79 Å². The molecule has 0 aliphatic carbocycles. The van der Waals surface area contributed by atoms with Crippen molar-refractivity contribution in [1.29, 1.82) is 0 Å². The zero-order valence-corrected chi connectivity index (χ0v) is 18.3. The first-order chi connectivity index (χ1) is 12.2. The summed E-state index contributed by atoms with van der Waals surface area (Å²) in [5, 5.41) is 0. The molecule has 0 aromatic carbocycles. The van der Waals surface area contributed by atoms with Crippen molar-refractivity contribution in [2.45, 2.75) is 61.8 Å². The van der Waals surface area contributed by atoms with E-state index in [1.807, 2.05) is 38.7 Å². The van der Waals surface area contributed by atoms with E-state index < -0.39 is 0 Å². The molecule has 4 heteroatoms. The average Bonchev–Trinajstić information content (AvgIpc) is 2.91. The first-order valence-corrected chi connectivity index (χ1v) is 9.49. The molecule has 2 unspecified atom stereocenters. The molecule has 1 aliphatic rings. The second-order valence-electron chi connectivity index (χ2n) is 6.67. The highest BCUT2D eigenvalue weighted by molar-refractivity contribution is 5.84. The lowest BCUT2D eigenvalue weighted by Gasteiger charge is -2.23. The smallest absolute Gasteiger partial charge is 0.292 e. The lowest BCUT2D eigenvalue weighted by molar-refractivity contribution is -0.129. The topological polar surface area (TPSA) is 46.6 Å². The van der Waals surface area contributed by atoms with Crippen LogP contribution in [0.2, 0.25) is 0 Å². The van der Waals surface area contributed by atoms with Gasteiger partial charge in [-0.1, -0.05) is 53.3 Å². The third-order valence-corrected chi connectivity index (χ3v) is 4.41. The van der Waals surface area contributed by atoms with Crippen LogP contribution in [0.4, 0.5) is 0 Å². The molecular weight excluding hydrogens is 326 g/mol. The number of rotatable bonds is 6. The van der Waals surface area contributed by atoms with Crippen LogP contribution in [0, 0.1) is 17.8 Å². The summed E-state index contributed by atoms with van der Waals surface area (Å²) in [5.41, 5.74) is 3.27. The van der Waals surface area contributed by atoms with Crippen molar-refractivity contribution >= 4 is 12.4 Å². The largest absolute Gasteiger partial charge is 0.471 e. The summed E-state index contributed by atoms with van der Waals surface area (Å²) in [6.07, 6.45) is 5.02. The number of methoxy groups -OCH3 is 1. The minimum atomic E-state index is 0.120. The van der Waals surface area contributed by atoms with E-state index in [1.54, 1.807) is 0 Å². The highest BCUT2D eigenvalue weighted by atomic mass is 16.5. The number of hydrogen-bond donors (Lipinski definition) is 0. The van der Waals surface area contributed by atoms with Crippen LogP contribution in [0.25, 0.3) is 0 Å². The summed E-state index contributed by atoms with van der Waals surface area (Å²) >= 11 is 0. The third-order valence-electron chi connectivity index (χ3n) is 4.41. The number of carbonyl (C=O) groups excluding carboxylic acids is 2. The van der Waals surface area contributed by atoms with Gasteiger partial charge < -0.3 is 9.64 Å². The summed E-state index contributed by atoms with van der Waals surface area (Å²) < 4.78 is 3.86. The van der Waals surface area contributed by atoms with Crippen molar-refractivity contribution in [3.8, 4) is 0 Å². The van der Waals surface area contributed by atoms with Crippen LogP contribution in [0.1, 0.15) is 61.8 Å². The Hall–Kier alpha value is -1.84. The summed E-state index contributed by atoms with van der Waals surface area (Å²) in [6, 6.07) is 0. The quantitative estimate of drug-likeness (QED) is 0.470. The van der Waals surface area contributed by atoms with Crippen molar-refractivity contribution in [2.24, 2.45) is 17.8 Å². The maximum atomic E-state index is 12.6. The second kappa shape index (κ2) is 14.3. The van der Waals surface area contributed by atoms with E-state index in [0.29, 0.717) is 18.3 Å². The number of likely N-dealkylation sites (tertiary alicyclic amines) is 1. The van der Waals surface area contributed by atoms with Crippen LogP contribution in [0.5, 0.6) is 0 Å². The predicted octanol–water partition coefficient (Wildman–Crippen LogP) is 5.37. The van der Waals surface area contributed by atoms with Gasteiger partial charge in [-0.2, -0.15) is 0 Å². The lowest BCUT2D eigenvalue weighted by Crippen LogP contribution is -2.27. The van der Waals surface area contributed by atoms with E-state index in [2.05, 4.69) is 45.1 Å². The van der Waals surface area contributed by atoms with Gasteiger partial charge in [-0.25, -0.2) is 0 Å². The van der Waals surface area contributed by atoms with Gasteiger partial charge in [-0.05, 0) is 50.2 Å². The molecule has 1 amide bonds. The molecule has 0 spiro atoms. The molecule has 26 heavy (non-hydrogen) atoms. The zero-order valence-electron chi connectivity index (χ0n) is 18.3. The molecule has 0 aromatic rings. The molecule has 0 radical (unpaired) electrons. The Morgan fingerprint density at radius 2 is 1.85 bits per heavy atom. The van der Waals surface area contributed by atoms with E-state index in [0.717, 1.165) is 29.8 Å².